The monoisotopic (exact) mass is 272 g/mol. The smallest absolute Gasteiger partial charge is 0.250 e. The molecule has 6 nitrogen and oxygen atoms in total. The van der Waals surface area contributed by atoms with Gasteiger partial charge in [-0.3, -0.25) is 4.79 Å². The quantitative estimate of drug-likeness (QED) is 0.820. The van der Waals surface area contributed by atoms with Crippen LogP contribution in [0.5, 0.6) is 0 Å². The molecule has 0 aliphatic rings. The van der Waals surface area contributed by atoms with Gasteiger partial charge in [0.15, 0.2) is 0 Å². The highest BCUT2D eigenvalue weighted by atomic mass is 32.2. The van der Waals surface area contributed by atoms with Crippen LogP contribution in [0.25, 0.3) is 0 Å². The lowest BCUT2D eigenvalue weighted by Crippen LogP contribution is -2.19. The predicted molar refractivity (Wildman–Crippen MR) is 67.7 cm³/mol. The number of carbonyl (C=O) groups is 1. The van der Waals surface area contributed by atoms with Gasteiger partial charge in [-0.25, -0.2) is 13.6 Å². The summed E-state index contributed by atoms with van der Waals surface area (Å²) in [6, 6.07) is 4.25. The molecule has 0 aliphatic carbocycles. The zero-order valence-corrected chi connectivity index (χ0v) is 11.1. The highest BCUT2D eigenvalue weighted by Crippen LogP contribution is 2.18. The summed E-state index contributed by atoms with van der Waals surface area (Å²) in [6.07, 6.45) is 0. The van der Waals surface area contributed by atoms with Gasteiger partial charge in [-0.1, -0.05) is 0 Å². The van der Waals surface area contributed by atoms with Crippen LogP contribution in [-0.2, 0) is 19.6 Å². The Balaban J connectivity index is 2.84. The first kappa shape index (κ1) is 14.6. The van der Waals surface area contributed by atoms with Crippen LogP contribution >= 0.6 is 0 Å². The second-order valence-electron chi connectivity index (χ2n) is 3.71. The van der Waals surface area contributed by atoms with Crippen molar-refractivity contribution in [1.82, 2.24) is 0 Å². The van der Waals surface area contributed by atoms with Crippen molar-refractivity contribution in [2.75, 3.05) is 18.5 Å². The van der Waals surface area contributed by atoms with E-state index in [0.717, 1.165) is 0 Å². The molecule has 0 spiro atoms. The van der Waals surface area contributed by atoms with Gasteiger partial charge in [0.2, 0.25) is 15.9 Å². The van der Waals surface area contributed by atoms with Gasteiger partial charge in [-0.2, -0.15) is 0 Å². The Labute approximate surface area is 106 Å². The summed E-state index contributed by atoms with van der Waals surface area (Å²) >= 11 is 0. The molecule has 0 heterocycles. The molecule has 1 aromatic rings. The maximum atomic E-state index is 11.4. The highest BCUT2D eigenvalue weighted by Gasteiger charge is 2.10. The minimum absolute atomic E-state index is 0.0165. The molecule has 7 heteroatoms. The lowest BCUT2D eigenvalue weighted by atomic mass is 10.2. The first-order valence-corrected chi connectivity index (χ1v) is 6.90. The molecule has 0 saturated carbocycles. The molecule has 0 fully saturated rings. The molecule has 0 atom stereocenters. The summed E-state index contributed by atoms with van der Waals surface area (Å²) in [4.78, 5) is 11.4. The van der Waals surface area contributed by atoms with Crippen LogP contribution in [0.4, 0.5) is 5.69 Å². The first-order valence-electron chi connectivity index (χ1n) is 5.35. The van der Waals surface area contributed by atoms with Crippen molar-refractivity contribution in [3.05, 3.63) is 23.8 Å². The zero-order valence-electron chi connectivity index (χ0n) is 10.3. The fourth-order valence-corrected chi connectivity index (χ4v) is 1.93. The lowest BCUT2D eigenvalue weighted by molar-refractivity contribution is -0.120. The molecule has 18 heavy (non-hydrogen) atoms. The number of hydrogen-bond donors (Lipinski definition) is 2. The number of nitrogens with one attached hydrogen (secondary N) is 1. The third-order valence-electron chi connectivity index (χ3n) is 2.24. The van der Waals surface area contributed by atoms with Crippen molar-refractivity contribution in [2.24, 2.45) is 5.14 Å². The van der Waals surface area contributed by atoms with Crippen LogP contribution in [0.1, 0.15) is 12.5 Å². The van der Waals surface area contributed by atoms with E-state index in [-0.39, 0.29) is 17.4 Å². The minimum Gasteiger partial charge on any atom is -0.372 e. The van der Waals surface area contributed by atoms with Gasteiger partial charge >= 0.3 is 0 Å². The summed E-state index contributed by atoms with van der Waals surface area (Å²) in [5, 5.41) is 7.63. The molecule has 1 aromatic carbocycles. The first-order chi connectivity index (χ1) is 8.34. The van der Waals surface area contributed by atoms with E-state index in [1.807, 2.05) is 0 Å². The molecule has 0 bridgehead atoms. The number of hydrogen-bond acceptors (Lipinski definition) is 4. The third kappa shape index (κ3) is 4.10. The van der Waals surface area contributed by atoms with Gasteiger partial charge in [0, 0.05) is 12.3 Å². The van der Waals surface area contributed by atoms with Gasteiger partial charge < -0.3 is 10.1 Å². The van der Waals surface area contributed by atoms with E-state index in [2.05, 4.69) is 5.32 Å². The van der Waals surface area contributed by atoms with E-state index >= 15 is 0 Å². The highest BCUT2D eigenvalue weighted by molar-refractivity contribution is 7.89. The fraction of sp³-hybridized carbons (Fsp3) is 0.364. The van der Waals surface area contributed by atoms with Crippen molar-refractivity contribution in [3.63, 3.8) is 0 Å². The van der Waals surface area contributed by atoms with Crippen LogP contribution in [0.15, 0.2) is 23.1 Å². The SMILES string of the molecule is CCOCC(=O)Nc1ccc(S(N)(=O)=O)cc1C. The summed E-state index contributed by atoms with van der Waals surface area (Å²) in [7, 11) is -3.72. The molecule has 100 valence electrons. The largest absolute Gasteiger partial charge is 0.372 e. The second kappa shape index (κ2) is 5.94. The molecule has 1 amide bonds. The zero-order chi connectivity index (χ0) is 13.8. The number of sulfonamides is 1. The van der Waals surface area contributed by atoms with Gasteiger partial charge in [0.25, 0.3) is 0 Å². The van der Waals surface area contributed by atoms with Crippen molar-refractivity contribution in [2.45, 2.75) is 18.7 Å². The Bertz CT molecular complexity index is 540. The Morgan fingerprint density at radius 2 is 2.11 bits per heavy atom. The van der Waals surface area contributed by atoms with Crippen molar-refractivity contribution >= 4 is 21.6 Å². The lowest BCUT2D eigenvalue weighted by Gasteiger charge is -2.09. The van der Waals surface area contributed by atoms with Crippen LogP contribution < -0.4 is 10.5 Å². The number of benzene rings is 1. The Morgan fingerprint density at radius 3 is 2.61 bits per heavy atom. The fourth-order valence-electron chi connectivity index (χ4n) is 1.33. The molecule has 0 unspecified atom stereocenters. The van der Waals surface area contributed by atoms with Crippen LogP contribution in [0, 0.1) is 6.92 Å². The van der Waals surface area contributed by atoms with Crippen LogP contribution in [-0.4, -0.2) is 27.5 Å². The number of rotatable bonds is 5. The molecule has 3 N–H and O–H groups in total. The van der Waals surface area contributed by atoms with Gasteiger partial charge in [0.1, 0.15) is 6.61 Å². The van der Waals surface area contributed by atoms with E-state index in [9.17, 15) is 13.2 Å². The minimum atomic E-state index is -3.72. The maximum Gasteiger partial charge on any atom is 0.250 e. The average molecular weight is 272 g/mol. The number of amides is 1. The molecule has 0 radical (unpaired) electrons. The molecule has 0 aromatic heterocycles. The number of ether oxygens (including phenoxy) is 1. The molecule has 0 aliphatic heterocycles. The second-order valence-corrected chi connectivity index (χ2v) is 5.27. The number of aryl methyl sites for hydroxylation is 1. The third-order valence-corrected chi connectivity index (χ3v) is 3.15. The molecule has 0 saturated heterocycles. The van der Waals surface area contributed by atoms with E-state index in [0.29, 0.717) is 17.9 Å². The van der Waals surface area contributed by atoms with Gasteiger partial charge in [-0.15, -0.1) is 0 Å². The van der Waals surface area contributed by atoms with Crippen LogP contribution in [0.2, 0.25) is 0 Å². The number of primary sulfonamides is 1. The van der Waals surface area contributed by atoms with E-state index in [4.69, 9.17) is 9.88 Å². The average Bonchev–Trinajstić information content (AvgIpc) is 2.27. The predicted octanol–water partition coefficient (Wildman–Crippen LogP) is 0.617. The molecule has 1 rings (SSSR count). The Hall–Kier alpha value is -1.44. The van der Waals surface area contributed by atoms with Gasteiger partial charge in [-0.05, 0) is 37.6 Å². The molecular formula is C11H16N2O4S. The molecular weight excluding hydrogens is 256 g/mol. The summed E-state index contributed by atoms with van der Waals surface area (Å²) in [6.45, 7) is 3.90. The number of carbonyl (C=O) groups excluding carboxylic acids is 1. The summed E-state index contributed by atoms with van der Waals surface area (Å²) in [5.74, 6) is -0.289. The van der Waals surface area contributed by atoms with Gasteiger partial charge in [0.05, 0.1) is 4.90 Å². The number of nitrogens with two attached hydrogens (primary N) is 1. The van der Waals surface area contributed by atoms with E-state index in [1.54, 1.807) is 13.8 Å². The van der Waals surface area contributed by atoms with E-state index < -0.39 is 10.0 Å². The summed E-state index contributed by atoms with van der Waals surface area (Å²) < 4.78 is 27.2. The topological polar surface area (TPSA) is 98.5 Å². The Kier molecular flexibility index (Phi) is 4.83. The van der Waals surface area contributed by atoms with Crippen molar-refractivity contribution in [1.29, 1.82) is 0 Å². The standard InChI is InChI=1S/C11H16N2O4S/c1-3-17-7-11(14)13-10-5-4-9(6-8(10)2)18(12,15)16/h4-6H,3,7H2,1-2H3,(H,13,14)(H2,12,15,16). The summed E-state index contributed by atoms with van der Waals surface area (Å²) in [5.41, 5.74) is 1.15. The normalized spacial score (nSPS) is 11.3. The van der Waals surface area contributed by atoms with E-state index in [1.165, 1.54) is 18.2 Å². The van der Waals surface area contributed by atoms with Crippen molar-refractivity contribution in [3.8, 4) is 0 Å². The number of anilines is 1. The Morgan fingerprint density at radius 1 is 1.44 bits per heavy atom. The van der Waals surface area contributed by atoms with Crippen molar-refractivity contribution < 1.29 is 17.9 Å². The van der Waals surface area contributed by atoms with Crippen LogP contribution in [0.3, 0.4) is 0 Å². The maximum absolute atomic E-state index is 11.4.